The van der Waals surface area contributed by atoms with Gasteiger partial charge in [0.1, 0.15) is 11.6 Å². The molecule has 0 amide bonds. The highest BCUT2D eigenvalue weighted by Crippen LogP contribution is 2.48. The second kappa shape index (κ2) is 12.0. The lowest BCUT2D eigenvalue weighted by atomic mass is 9.92. The van der Waals surface area contributed by atoms with Gasteiger partial charge in [0.05, 0.1) is 36.9 Å². The van der Waals surface area contributed by atoms with E-state index in [1.54, 1.807) is 12.1 Å². The lowest BCUT2D eigenvalue weighted by Crippen LogP contribution is -2.34. The van der Waals surface area contributed by atoms with E-state index in [9.17, 15) is 13.6 Å². The summed E-state index contributed by atoms with van der Waals surface area (Å²) in [6.45, 7) is 3.64. The normalized spacial score (nSPS) is 19.8. The van der Waals surface area contributed by atoms with Crippen molar-refractivity contribution in [1.29, 1.82) is 0 Å². The van der Waals surface area contributed by atoms with E-state index in [4.69, 9.17) is 14.7 Å². The minimum Gasteiger partial charge on any atom is -0.465 e. The van der Waals surface area contributed by atoms with Gasteiger partial charge in [-0.2, -0.15) is 0 Å². The molecule has 0 bridgehead atoms. The monoisotopic (exact) mass is 599 g/mol. The third-order valence-electron chi connectivity index (χ3n) is 9.72. The van der Waals surface area contributed by atoms with Crippen molar-refractivity contribution in [1.82, 2.24) is 24.8 Å². The second-order valence-electron chi connectivity index (χ2n) is 12.9. The summed E-state index contributed by atoms with van der Waals surface area (Å²) in [4.78, 5) is 24.6. The number of imidazole rings is 1. The molecular formula is C35H39F2N5O2. The highest BCUT2D eigenvalue weighted by Gasteiger charge is 2.44. The molecule has 1 aliphatic carbocycles. The first-order chi connectivity index (χ1) is 21.4. The average Bonchev–Trinajstić information content (AvgIpc) is 3.99. The average molecular weight is 600 g/mol. The molecule has 1 unspecified atom stereocenters. The zero-order valence-electron chi connectivity index (χ0n) is 25.2. The molecule has 1 saturated carbocycles. The maximum Gasteiger partial charge on any atom is 0.337 e. The summed E-state index contributed by atoms with van der Waals surface area (Å²) in [5.74, 6) is 0.763. The number of aromatic nitrogens is 3. The lowest BCUT2D eigenvalue weighted by Gasteiger charge is -2.31. The first kappa shape index (κ1) is 29.0. The number of fused-ring (bicyclic) bond motifs is 1. The second-order valence-corrected chi connectivity index (χ2v) is 12.9. The van der Waals surface area contributed by atoms with Crippen molar-refractivity contribution in [3.05, 3.63) is 94.3 Å². The molecule has 3 aliphatic rings. The Labute approximate surface area is 256 Å². The molecule has 2 aliphatic heterocycles. The largest absolute Gasteiger partial charge is 0.465 e. The van der Waals surface area contributed by atoms with Crippen molar-refractivity contribution in [2.45, 2.75) is 63.6 Å². The third-order valence-corrected chi connectivity index (χ3v) is 9.72. The van der Waals surface area contributed by atoms with Gasteiger partial charge in [0.15, 0.2) is 0 Å². The van der Waals surface area contributed by atoms with Crippen LogP contribution in [0.25, 0.3) is 11.0 Å². The van der Waals surface area contributed by atoms with Gasteiger partial charge in [-0.1, -0.05) is 18.2 Å². The van der Waals surface area contributed by atoms with Crippen molar-refractivity contribution in [2.75, 3.05) is 33.4 Å². The van der Waals surface area contributed by atoms with Crippen LogP contribution >= 0.6 is 0 Å². The maximum atomic E-state index is 14.7. The zero-order chi connectivity index (χ0) is 30.3. The Morgan fingerprint density at radius 3 is 2.59 bits per heavy atom. The Bertz CT molecular complexity index is 1670. The Hall–Kier alpha value is -3.69. The summed E-state index contributed by atoms with van der Waals surface area (Å²) in [7, 11) is 1.38. The number of halogens is 2. The van der Waals surface area contributed by atoms with Gasteiger partial charge in [0, 0.05) is 41.9 Å². The fourth-order valence-corrected chi connectivity index (χ4v) is 6.55. The van der Waals surface area contributed by atoms with Crippen LogP contribution in [0.15, 0.2) is 54.6 Å². The van der Waals surface area contributed by atoms with Crippen LogP contribution in [0.3, 0.4) is 0 Å². The molecule has 4 heterocycles. The minimum atomic E-state index is -0.389. The zero-order valence-corrected chi connectivity index (χ0v) is 25.2. The lowest BCUT2D eigenvalue weighted by molar-refractivity contribution is 0.0601. The van der Waals surface area contributed by atoms with Crippen LogP contribution in [0.4, 0.5) is 8.78 Å². The summed E-state index contributed by atoms with van der Waals surface area (Å²) in [6.07, 6.45) is 5.06. The molecule has 0 spiro atoms. The molecule has 2 aromatic carbocycles. The van der Waals surface area contributed by atoms with E-state index in [1.807, 2.05) is 30.3 Å². The number of carbonyl (C=O) groups excluding carboxylic acids is 1. The van der Waals surface area contributed by atoms with E-state index in [2.05, 4.69) is 26.9 Å². The molecule has 3 fully saturated rings. The van der Waals surface area contributed by atoms with Crippen molar-refractivity contribution < 1.29 is 18.3 Å². The molecule has 0 radical (unpaired) electrons. The molecule has 1 atom stereocenters. The Balaban J connectivity index is 1.00. The molecule has 230 valence electrons. The van der Waals surface area contributed by atoms with Gasteiger partial charge in [-0.25, -0.2) is 14.2 Å². The number of likely N-dealkylation sites (tertiary alicyclic amines) is 1. The molecule has 1 N–H and O–H groups in total. The fraction of sp³-hybridized carbons (Fsp3) is 0.457. The Morgan fingerprint density at radius 2 is 1.89 bits per heavy atom. The first-order valence-electron chi connectivity index (χ1n) is 15.8. The van der Waals surface area contributed by atoms with Gasteiger partial charge in [-0.15, -0.1) is 0 Å². The van der Waals surface area contributed by atoms with Crippen LogP contribution < -0.4 is 5.32 Å². The van der Waals surface area contributed by atoms with Crippen LogP contribution in [-0.4, -0.2) is 58.8 Å². The molecular weight excluding hydrogens is 560 g/mol. The smallest absolute Gasteiger partial charge is 0.337 e. The van der Waals surface area contributed by atoms with E-state index in [-0.39, 0.29) is 23.9 Å². The highest BCUT2D eigenvalue weighted by atomic mass is 19.1. The predicted octanol–water partition coefficient (Wildman–Crippen LogP) is 5.92. The summed E-state index contributed by atoms with van der Waals surface area (Å²) >= 11 is 0. The van der Waals surface area contributed by atoms with Gasteiger partial charge < -0.3 is 14.6 Å². The molecule has 7 rings (SSSR count). The minimum absolute atomic E-state index is 0.130. The number of alkyl halides is 1. The topological polar surface area (TPSA) is 82.2 Å². The fourth-order valence-electron chi connectivity index (χ4n) is 6.55. The number of nitrogens with one attached hydrogen (secondary N) is 1. The standard InChI is InChI=1S/C35H39F2N5O2/c1-44-34(43)26-8-10-30-32(18-26)42(22-35(21-36)13-14-35)33(40-30)20-41-15-11-24(12-16-41)29-4-2-3-27(39-29)9-7-23-5-6-25(17-28(23)37)31-19-38-31/h2-6,8,10,17-18,24,31,38H,7,9,11-16,19-22H2,1H3. The number of methoxy groups -OCH3 is 1. The number of hydrogen-bond acceptors (Lipinski definition) is 6. The number of ether oxygens (including phenoxy) is 1. The van der Waals surface area contributed by atoms with Crippen molar-refractivity contribution in [3.63, 3.8) is 0 Å². The van der Waals surface area contributed by atoms with Crippen molar-refractivity contribution in [3.8, 4) is 0 Å². The molecule has 9 heteroatoms. The predicted molar refractivity (Wildman–Crippen MR) is 165 cm³/mol. The van der Waals surface area contributed by atoms with Crippen LogP contribution in [0, 0.1) is 11.2 Å². The number of nitrogens with zero attached hydrogens (tertiary/aromatic N) is 4. The number of rotatable bonds is 11. The molecule has 7 nitrogen and oxygen atoms in total. The number of hydrogen-bond donors (Lipinski definition) is 1. The van der Waals surface area contributed by atoms with Gasteiger partial charge >= 0.3 is 5.97 Å². The number of aryl methyl sites for hydroxylation is 2. The van der Waals surface area contributed by atoms with E-state index >= 15 is 0 Å². The number of benzene rings is 2. The van der Waals surface area contributed by atoms with Gasteiger partial charge in [0.2, 0.25) is 0 Å². The summed E-state index contributed by atoms with van der Waals surface area (Å²) in [5.41, 5.74) is 5.69. The Morgan fingerprint density at radius 1 is 1.07 bits per heavy atom. The highest BCUT2D eigenvalue weighted by molar-refractivity contribution is 5.93. The molecule has 2 saturated heterocycles. The van der Waals surface area contributed by atoms with E-state index < -0.39 is 0 Å². The van der Waals surface area contributed by atoms with Gasteiger partial charge in [-0.3, -0.25) is 14.3 Å². The number of esters is 1. The summed E-state index contributed by atoms with van der Waals surface area (Å²) in [6, 6.07) is 17.6. The quantitative estimate of drug-likeness (QED) is 0.170. The first-order valence-corrected chi connectivity index (χ1v) is 15.8. The van der Waals surface area contributed by atoms with E-state index in [0.29, 0.717) is 43.5 Å². The molecule has 4 aromatic rings. The van der Waals surface area contributed by atoms with Crippen LogP contribution in [0.1, 0.15) is 76.3 Å². The maximum absolute atomic E-state index is 14.7. The molecule has 44 heavy (non-hydrogen) atoms. The van der Waals surface area contributed by atoms with Crippen LogP contribution in [0.2, 0.25) is 0 Å². The summed E-state index contributed by atoms with van der Waals surface area (Å²) in [5, 5.41) is 3.22. The summed E-state index contributed by atoms with van der Waals surface area (Å²) < 4.78 is 35.7. The van der Waals surface area contributed by atoms with Crippen LogP contribution in [-0.2, 0) is 30.7 Å². The number of carbonyl (C=O) groups is 1. The number of piperidine rings is 1. The van der Waals surface area contributed by atoms with Gasteiger partial charge in [0.25, 0.3) is 0 Å². The van der Waals surface area contributed by atoms with Gasteiger partial charge in [-0.05, 0) is 99.1 Å². The van der Waals surface area contributed by atoms with Crippen molar-refractivity contribution >= 4 is 17.0 Å². The number of pyridine rings is 1. The Kier molecular flexibility index (Phi) is 7.93. The van der Waals surface area contributed by atoms with Crippen molar-refractivity contribution in [2.24, 2.45) is 5.41 Å². The molecule has 2 aromatic heterocycles. The SMILES string of the molecule is COC(=O)c1ccc2nc(CN3CCC(c4cccc(CCc5ccc(C6CN6)cc5F)n4)CC3)n(CC3(CF)CC3)c2c1. The van der Waals surface area contributed by atoms with E-state index in [0.717, 1.165) is 84.7 Å². The van der Waals surface area contributed by atoms with Crippen LogP contribution in [0.5, 0.6) is 0 Å². The third kappa shape index (κ3) is 6.13. The van der Waals surface area contributed by atoms with E-state index in [1.165, 1.54) is 7.11 Å².